The topological polar surface area (TPSA) is 29.3 Å². The van der Waals surface area contributed by atoms with Crippen molar-refractivity contribution >= 4 is 5.69 Å². The van der Waals surface area contributed by atoms with Crippen LogP contribution in [0, 0.1) is 0 Å². The maximum absolute atomic E-state index is 5.71. The van der Waals surface area contributed by atoms with E-state index in [0.717, 1.165) is 12.2 Å². The quantitative estimate of drug-likeness (QED) is 0.717. The van der Waals surface area contributed by atoms with Crippen LogP contribution >= 0.6 is 0 Å². The van der Waals surface area contributed by atoms with Crippen molar-refractivity contribution in [3.05, 3.63) is 29.8 Å². The summed E-state index contributed by atoms with van der Waals surface area (Å²) < 4.78 is 0. The van der Waals surface area contributed by atoms with E-state index in [1.807, 2.05) is 18.2 Å². The van der Waals surface area contributed by atoms with Crippen molar-refractivity contribution in [3.8, 4) is 0 Å². The van der Waals surface area contributed by atoms with E-state index < -0.39 is 0 Å². The van der Waals surface area contributed by atoms with Crippen LogP contribution in [-0.2, 0) is 0 Å². The molecule has 0 spiro atoms. The number of hydrogen-bond donors (Lipinski definition) is 1. The molecule has 1 aromatic rings. The van der Waals surface area contributed by atoms with Gasteiger partial charge >= 0.3 is 0 Å². The molecule has 0 saturated carbocycles. The second kappa shape index (κ2) is 4.28. The molecule has 0 aromatic heterocycles. The molecule has 13 heavy (non-hydrogen) atoms. The summed E-state index contributed by atoms with van der Waals surface area (Å²) in [6.45, 7) is 3.28. The largest absolute Gasteiger partial charge is 0.399 e. The van der Waals surface area contributed by atoms with E-state index in [9.17, 15) is 0 Å². The van der Waals surface area contributed by atoms with Gasteiger partial charge in [-0.1, -0.05) is 19.1 Å². The number of likely N-dealkylation sites (N-methyl/N-ethyl adjacent to an activating group) is 1. The van der Waals surface area contributed by atoms with E-state index in [1.165, 1.54) is 5.56 Å². The standard InChI is InChI=1S/C11H18N2/c1-9(8-13(2)3)10-5-4-6-11(12)7-10/h4-7,9H,8,12H2,1-3H3. The van der Waals surface area contributed by atoms with E-state index in [1.54, 1.807) is 0 Å². The SMILES string of the molecule is CC(CN(C)C)c1cccc(N)c1. The minimum Gasteiger partial charge on any atom is -0.399 e. The molecule has 0 amide bonds. The van der Waals surface area contributed by atoms with E-state index in [4.69, 9.17) is 5.73 Å². The summed E-state index contributed by atoms with van der Waals surface area (Å²) >= 11 is 0. The van der Waals surface area contributed by atoms with Crippen LogP contribution in [0.5, 0.6) is 0 Å². The molecule has 1 rings (SSSR count). The summed E-state index contributed by atoms with van der Waals surface area (Å²) in [6, 6.07) is 8.11. The van der Waals surface area contributed by atoms with Gasteiger partial charge in [-0.3, -0.25) is 0 Å². The molecular formula is C11H18N2. The van der Waals surface area contributed by atoms with Crippen LogP contribution in [0.4, 0.5) is 5.69 Å². The Balaban J connectivity index is 2.71. The molecule has 0 heterocycles. The Morgan fingerprint density at radius 2 is 2.08 bits per heavy atom. The number of nitrogen functional groups attached to an aromatic ring is 1. The summed E-state index contributed by atoms with van der Waals surface area (Å²) in [5.41, 5.74) is 7.88. The Labute approximate surface area is 80.4 Å². The highest BCUT2D eigenvalue weighted by Gasteiger charge is 2.05. The average molecular weight is 178 g/mol. The summed E-state index contributed by atoms with van der Waals surface area (Å²) in [6.07, 6.45) is 0. The molecule has 0 aliphatic rings. The lowest BCUT2D eigenvalue weighted by molar-refractivity contribution is 0.383. The van der Waals surface area contributed by atoms with Gasteiger partial charge in [-0.25, -0.2) is 0 Å². The molecule has 1 unspecified atom stereocenters. The van der Waals surface area contributed by atoms with Crippen molar-refractivity contribution < 1.29 is 0 Å². The smallest absolute Gasteiger partial charge is 0.0316 e. The fraction of sp³-hybridized carbons (Fsp3) is 0.455. The lowest BCUT2D eigenvalue weighted by Crippen LogP contribution is -2.18. The Bertz CT molecular complexity index is 269. The lowest BCUT2D eigenvalue weighted by Gasteiger charge is -2.17. The molecule has 0 saturated heterocycles. The third-order valence-corrected chi connectivity index (χ3v) is 2.12. The third kappa shape index (κ3) is 3.07. The van der Waals surface area contributed by atoms with Gasteiger partial charge in [0.15, 0.2) is 0 Å². The zero-order valence-electron chi connectivity index (χ0n) is 8.62. The van der Waals surface area contributed by atoms with Gasteiger partial charge in [-0.15, -0.1) is 0 Å². The van der Waals surface area contributed by atoms with Crippen molar-refractivity contribution in [2.75, 3.05) is 26.4 Å². The molecule has 72 valence electrons. The van der Waals surface area contributed by atoms with Crippen LogP contribution in [-0.4, -0.2) is 25.5 Å². The van der Waals surface area contributed by atoms with Gasteiger partial charge in [0.1, 0.15) is 0 Å². The first-order chi connectivity index (χ1) is 6.09. The first kappa shape index (κ1) is 10.1. The van der Waals surface area contributed by atoms with Crippen molar-refractivity contribution in [2.24, 2.45) is 0 Å². The second-order valence-electron chi connectivity index (χ2n) is 3.83. The number of hydrogen-bond acceptors (Lipinski definition) is 2. The molecule has 2 nitrogen and oxygen atoms in total. The summed E-state index contributed by atoms with van der Waals surface area (Å²) in [4.78, 5) is 2.19. The van der Waals surface area contributed by atoms with Gasteiger partial charge in [0.25, 0.3) is 0 Å². The minimum absolute atomic E-state index is 0.540. The highest BCUT2D eigenvalue weighted by Crippen LogP contribution is 2.17. The fourth-order valence-corrected chi connectivity index (χ4v) is 1.52. The Morgan fingerprint density at radius 3 is 2.62 bits per heavy atom. The third-order valence-electron chi connectivity index (χ3n) is 2.12. The number of rotatable bonds is 3. The van der Waals surface area contributed by atoms with Gasteiger partial charge in [0, 0.05) is 12.2 Å². The van der Waals surface area contributed by atoms with Crippen molar-refractivity contribution in [1.82, 2.24) is 4.90 Å². The highest BCUT2D eigenvalue weighted by atomic mass is 15.1. The van der Waals surface area contributed by atoms with Crippen molar-refractivity contribution in [1.29, 1.82) is 0 Å². The molecule has 2 heteroatoms. The van der Waals surface area contributed by atoms with Crippen LogP contribution in [0.2, 0.25) is 0 Å². The Kier molecular flexibility index (Phi) is 3.32. The van der Waals surface area contributed by atoms with E-state index in [0.29, 0.717) is 5.92 Å². The predicted octanol–water partition coefficient (Wildman–Crippen LogP) is 1.93. The number of nitrogens with two attached hydrogens (primary N) is 1. The maximum Gasteiger partial charge on any atom is 0.0316 e. The maximum atomic E-state index is 5.71. The first-order valence-electron chi connectivity index (χ1n) is 4.59. The normalized spacial score (nSPS) is 13.2. The van der Waals surface area contributed by atoms with Crippen LogP contribution in [0.15, 0.2) is 24.3 Å². The zero-order valence-corrected chi connectivity index (χ0v) is 8.62. The van der Waals surface area contributed by atoms with Gasteiger partial charge in [-0.05, 0) is 37.7 Å². The van der Waals surface area contributed by atoms with Gasteiger partial charge in [0.2, 0.25) is 0 Å². The lowest BCUT2D eigenvalue weighted by atomic mass is 10.0. The molecule has 0 fully saturated rings. The van der Waals surface area contributed by atoms with E-state index in [2.05, 4.69) is 32.0 Å². The molecule has 1 aromatic carbocycles. The summed E-state index contributed by atoms with van der Waals surface area (Å²) in [7, 11) is 4.17. The van der Waals surface area contributed by atoms with Crippen LogP contribution < -0.4 is 5.73 Å². The molecule has 1 atom stereocenters. The monoisotopic (exact) mass is 178 g/mol. The van der Waals surface area contributed by atoms with E-state index in [-0.39, 0.29) is 0 Å². The Hall–Kier alpha value is -1.02. The number of nitrogens with zero attached hydrogens (tertiary/aromatic N) is 1. The molecule has 0 aliphatic heterocycles. The molecule has 0 bridgehead atoms. The van der Waals surface area contributed by atoms with Gasteiger partial charge in [0.05, 0.1) is 0 Å². The van der Waals surface area contributed by atoms with Crippen LogP contribution in [0.3, 0.4) is 0 Å². The molecule has 0 radical (unpaired) electrons. The molecule has 0 aliphatic carbocycles. The zero-order chi connectivity index (χ0) is 9.84. The second-order valence-corrected chi connectivity index (χ2v) is 3.83. The Morgan fingerprint density at radius 1 is 1.38 bits per heavy atom. The minimum atomic E-state index is 0.540. The van der Waals surface area contributed by atoms with Crippen molar-refractivity contribution in [3.63, 3.8) is 0 Å². The van der Waals surface area contributed by atoms with E-state index >= 15 is 0 Å². The number of anilines is 1. The summed E-state index contributed by atoms with van der Waals surface area (Å²) in [5.74, 6) is 0.540. The average Bonchev–Trinajstić information content (AvgIpc) is 2.03. The highest BCUT2D eigenvalue weighted by molar-refractivity contribution is 5.41. The summed E-state index contributed by atoms with van der Waals surface area (Å²) in [5, 5.41) is 0. The number of benzene rings is 1. The molecule has 2 N–H and O–H groups in total. The van der Waals surface area contributed by atoms with Gasteiger partial charge < -0.3 is 10.6 Å². The van der Waals surface area contributed by atoms with Gasteiger partial charge in [-0.2, -0.15) is 0 Å². The fourth-order valence-electron chi connectivity index (χ4n) is 1.52. The van der Waals surface area contributed by atoms with Crippen LogP contribution in [0.1, 0.15) is 18.4 Å². The molecular weight excluding hydrogens is 160 g/mol. The van der Waals surface area contributed by atoms with Crippen molar-refractivity contribution in [2.45, 2.75) is 12.8 Å². The predicted molar refractivity (Wildman–Crippen MR) is 57.8 cm³/mol. The van der Waals surface area contributed by atoms with Crippen LogP contribution in [0.25, 0.3) is 0 Å². The first-order valence-corrected chi connectivity index (χ1v) is 4.59.